The molecule has 84 valence electrons. The van der Waals surface area contributed by atoms with E-state index < -0.39 is 0 Å². The van der Waals surface area contributed by atoms with Crippen LogP contribution < -0.4 is 0 Å². The number of allylic oxidation sites excluding steroid dienone is 2. The molecule has 16 heavy (non-hydrogen) atoms. The van der Waals surface area contributed by atoms with Gasteiger partial charge in [-0.15, -0.1) is 0 Å². The van der Waals surface area contributed by atoms with Gasteiger partial charge in [-0.25, -0.2) is 0 Å². The Balaban J connectivity index is 2.46. The normalized spacial score (nSPS) is 11.1. The molecule has 1 aromatic carbocycles. The molecule has 1 heteroatoms. The summed E-state index contributed by atoms with van der Waals surface area (Å²) in [5.74, 6) is 0. The summed E-state index contributed by atoms with van der Waals surface area (Å²) in [4.78, 5) is 0. The molecule has 1 nitrogen and oxygen atoms in total. The van der Waals surface area contributed by atoms with E-state index in [1.165, 1.54) is 24.8 Å². The topological polar surface area (TPSA) is 23.8 Å². The van der Waals surface area contributed by atoms with Gasteiger partial charge < -0.3 is 0 Å². The van der Waals surface area contributed by atoms with Crippen LogP contribution in [0.3, 0.4) is 0 Å². The highest BCUT2D eigenvalue weighted by atomic mass is 14.2. The van der Waals surface area contributed by atoms with E-state index >= 15 is 0 Å². The minimum Gasteiger partial charge on any atom is -0.193 e. The van der Waals surface area contributed by atoms with Crippen LogP contribution in [0, 0.1) is 11.3 Å². The quantitative estimate of drug-likeness (QED) is 0.511. The molecule has 0 amide bonds. The van der Waals surface area contributed by atoms with Gasteiger partial charge in [-0.2, -0.15) is 5.26 Å². The zero-order chi connectivity index (χ0) is 11.6. The second-order valence-electron chi connectivity index (χ2n) is 4.00. The van der Waals surface area contributed by atoms with Gasteiger partial charge in [0, 0.05) is 12.0 Å². The van der Waals surface area contributed by atoms with Gasteiger partial charge in [0.25, 0.3) is 0 Å². The summed E-state index contributed by atoms with van der Waals surface area (Å²) in [6.07, 6.45) is 7.56. The third-order valence-corrected chi connectivity index (χ3v) is 2.58. The summed E-state index contributed by atoms with van der Waals surface area (Å²) < 4.78 is 0. The molecule has 0 saturated heterocycles. The Morgan fingerprint density at radius 3 is 2.62 bits per heavy atom. The van der Waals surface area contributed by atoms with Crippen LogP contribution in [-0.4, -0.2) is 0 Å². The molecule has 0 saturated carbocycles. The van der Waals surface area contributed by atoms with E-state index in [-0.39, 0.29) is 0 Å². The van der Waals surface area contributed by atoms with Crippen molar-refractivity contribution in [3.05, 3.63) is 47.5 Å². The monoisotopic (exact) mass is 213 g/mol. The average molecular weight is 213 g/mol. The molecule has 0 radical (unpaired) electrons. The maximum absolute atomic E-state index is 9.03. The van der Waals surface area contributed by atoms with E-state index in [0.29, 0.717) is 0 Å². The van der Waals surface area contributed by atoms with Gasteiger partial charge in [0.2, 0.25) is 0 Å². The number of hydrogen-bond donors (Lipinski definition) is 0. The highest BCUT2D eigenvalue weighted by Crippen LogP contribution is 2.09. The molecule has 0 atom stereocenters. The number of nitriles is 1. The lowest BCUT2D eigenvalue weighted by molar-refractivity contribution is 0.727. The summed E-state index contributed by atoms with van der Waals surface area (Å²) in [5, 5.41) is 9.03. The first-order chi connectivity index (χ1) is 7.86. The average Bonchev–Trinajstić information content (AvgIpc) is 2.34. The van der Waals surface area contributed by atoms with Crippen molar-refractivity contribution in [2.45, 2.75) is 39.0 Å². The Morgan fingerprint density at radius 2 is 2.00 bits per heavy atom. The SMILES string of the molecule is CCCCC/C=C(\C#N)Cc1ccccc1. The zero-order valence-electron chi connectivity index (χ0n) is 9.95. The molecule has 0 aromatic heterocycles. The molecule has 0 N–H and O–H groups in total. The molecule has 0 fully saturated rings. The van der Waals surface area contributed by atoms with Crippen molar-refractivity contribution >= 4 is 0 Å². The minimum atomic E-state index is 0.767. The molecule has 0 bridgehead atoms. The Kier molecular flexibility index (Phi) is 6.03. The molecule has 0 aliphatic carbocycles. The first-order valence-corrected chi connectivity index (χ1v) is 6.00. The van der Waals surface area contributed by atoms with E-state index in [0.717, 1.165) is 18.4 Å². The van der Waals surface area contributed by atoms with E-state index in [1.54, 1.807) is 0 Å². The second kappa shape index (κ2) is 7.70. The molecule has 1 aromatic rings. The Labute approximate surface area is 98.4 Å². The van der Waals surface area contributed by atoms with E-state index in [2.05, 4.69) is 31.2 Å². The van der Waals surface area contributed by atoms with Crippen LogP contribution in [0.5, 0.6) is 0 Å². The summed E-state index contributed by atoms with van der Waals surface area (Å²) in [6, 6.07) is 12.5. The number of unbranched alkanes of at least 4 members (excludes halogenated alkanes) is 3. The van der Waals surface area contributed by atoms with Crippen molar-refractivity contribution in [3.63, 3.8) is 0 Å². The van der Waals surface area contributed by atoms with Crippen LogP contribution in [0.25, 0.3) is 0 Å². The summed E-state index contributed by atoms with van der Waals surface area (Å²) >= 11 is 0. The van der Waals surface area contributed by atoms with Gasteiger partial charge >= 0.3 is 0 Å². The largest absolute Gasteiger partial charge is 0.193 e. The fourth-order valence-corrected chi connectivity index (χ4v) is 1.64. The Morgan fingerprint density at radius 1 is 1.25 bits per heavy atom. The molecule has 0 aliphatic rings. The molecule has 0 spiro atoms. The highest BCUT2D eigenvalue weighted by molar-refractivity contribution is 5.29. The van der Waals surface area contributed by atoms with Crippen LogP contribution in [0.4, 0.5) is 0 Å². The van der Waals surface area contributed by atoms with Crippen LogP contribution in [0.2, 0.25) is 0 Å². The number of rotatable bonds is 6. The Hall–Kier alpha value is -1.55. The van der Waals surface area contributed by atoms with Gasteiger partial charge in [-0.3, -0.25) is 0 Å². The maximum atomic E-state index is 9.03. The van der Waals surface area contributed by atoms with Crippen LogP contribution in [0.15, 0.2) is 42.0 Å². The standard InChI is InChI=1S/C15H19N/c1-2-3-4-6-11-15(13-16)12-14-9-7-5-8-10-14/h5,7-11H,2-4,6,12H2,1H3/b15-11-. The summed E-state index contributed by atoms with van der Waals surface area (Å²) in [7, 11) is 0. The first-order valence-electron chi connectivity index (χ1n) is 6.00. The fraction of sp³-hybridized carbons (Fsp3) is 0.400. The van der Waals surface area contributed by atoms with Gasteiger partial charge in [0.15, 0.2) is 0 Å². The summed E-state index contributed by atoms with van der Waals surface area (Å²) in [5.41, 5.74) is 2.10. The second-order valence-corrected chi connectivity index (χ2v) is 4.00. The lowest BCUT2D eigenvalue weighted by Crippen LogP contribution is -1.88. The van der Waals surface area contributed by atoms with E-state index in [1.807, 2.05) is 18.2 Å². The highest BCUT2D eigenvalue weighted by Gasteiger charge is 1.97. The van der Waals surface area contributed by atoms with Crippen molar-refractivity contribution in [3.8, 4) is 6.07 Å². The zero-order valence-corrected chi connectivity index (χ0v) is 9.95. The number of nitrogens with zero attached hydrogens (tertiary/aromatic N) is 1. The number of hydrogen-bond acceptors (Lipinski definition) is 1. The molecular weight excluding hydrogens is 194 g/mol. The third kappa shape index (κ3) is 4.79. The van der Waals surface area contributed by atoms with Gasteiger partial charge in [-0.05, 0) is 18.4 Å². The van der Waals surface area contributed by atoms with Gasteiger partial charge in [-0.1, -0.05) is 56.2 Å². The van der Waals surface area contributed by atoms with Crippen LogP contribution >= 0.6 is 0 Å². The third-order valence-electron chi connectivity index (χ3n) is 2.58. The van der Waals surface area contributed by atoms with Crippen molar-refractivity contribution in [2.75, 3.05) is 0 Å². The lowest BCUT2D eigenvalue weighted by Gasteiger charge is -1.99. The predicted octanol–water partition coefficient (Wildman–Crippen LogP) is 4.26. The van der Waals surface area contributed by atoms with Crippen LogP contribution in [-0.2, 0) is 6.42 Å². The molecular formula is C15H19N. The van der Waals surface area contributed by atoms with Crippen molar-refractivity contribution in [1.82, 2.24) is 0 Å². The predicted molar refractivity (Wildman–Crippen MR) is 68.0 cm³/mol. The van der Waals surface area contributed by atoms with Crippen molar-refractivity contribution < 1.29 is 0 Å². The fourth-order valence-electron chi connectivity index (χ4n) is 1.64. The molecule has 0 aliphatic heterocycles. The maximum Gasteiger partial charge on any atom is 0.0947 e. The van der Waals surface area contributed by atoms with Crippen LogP contribution in [0.1, 0.15) is 38.2 Å². The van der Waals surface area contributed by atoms with Crippen molar-refractivity contribution in [2.24, 2.45) is 0 Å². The van der Waals surface area contributed by atoms with E-state index in [9.17, 15) is 0 Å². The van der Waals surface area contributed by atoms with Gasteiger partial charge in [0.1, 0.15) is 0 Å². The Bertz CT molecular complexity index is 357. The smallest absolute Gasteiger partial charge is 0.0947 e. The molecule has 0 unspecified atom stereocenters. The minimum absolute atomic E-state index is 0.767. The van der Waals surface area contributed by atoms with Gasteiger partial charge in [0.05, 0.1) is 6.07 Å². The van der Waals surface area contributed by atoms with Crippen molar-refractivity contribution in [1.29, 1.82) is 5.26 Å². The summed E-state index contributed by atoms with van der Waals surface area (Å²) in [6.45, 7) is 2.19. The molecule has 1 rings (SSSR count). The lowest BCUT2D eigenvalue weighted by atomic mass is 10.0. The number of benzene rings is 1. The van der Waals surface area contributed by atoms with E-state index in [4.69, 9.17) is 5.26 Å². The first kappa shape index (κ1) is 12.5. The molecule has 0 heterocycles.